The average Bonchev–Trinajstić information content (AvgIpc) is 3.00. The first-order chi connectivity index (χ1) is 11.7. The first-order valence-electron chi connectivity index (χ1n) is 8.24. The first-order valence-corrected chi connectivity index (χ1v) is 8.24. The van der Waals surface area contributed by atoms with Crippen LogP contribution in [0, 0.1) is 0 Å². The molecule has 1 aromatic carbocycles. The van der Waals surface area contributed by atoms with Crippen molar-refractivity contribution in [3.63, 3.8) is 0 Å². The summed E-state index contributed by atoms with van der Waals surface area (Å²) in [5, 5.41) is 0. The number of carbonyl (C=O) groups is 1. The smallest absolute Gasteiger partial charge is 0.246 e. The summed E-state index contributed by atoms with van der Waals surface area (Å²) in [6, 6.07) is 15.9. The standard InChI is InChI=1S/C20H21N3O/c1-3-22(4-2)19(24)14-13-17-20(16-10-6-5-7-11-16)21-18-12-8-9-15-23(17)18/h5-15H,3-4H2,1-2H3/b14-13+. The van der Waals surface area contributed by atoms with Crippen LogP contribution in [0.3, 0.4) is 0 Å². The Balaban J connectivity index is 2.07. The molecule has 0 fully saturated rings. The maximum Gasteiger partial charge on any atom is 0.246 e. The fourth-order valence-electron chi connectivity index (χ4n) is 2.77. The molecule has 0 bridgehead atoms. The van der Waals surface area contributed by atoms with Gasteiger partial charge in [0.2, 0.25) is 5.91 Å². The lowest BCUT2D eigenvalue weighted by Crippen LogP contribution is -2.28. The minimum atomic E-state index is 0.0184. The van der Waals surface area contributed by atoms with Crippen molar-refractivity contribution in [2.45, 2.75) is 13.8 Å². The Morgan fingerprint density at radius 1 is 1.08 bits per heavy atom. The zero-order valence-corrected chi connectivity index (χ0v) is 14.0. The third-order valence-corrected chi connectivity index (χ3v) is 4.07. The maximum absolute atomic E-state index is 12.3. The van der Waals surface area contributed by atoms with Crippen molar-refractivity contribution >= 4 is 17.6 Å². The number of likely N-dealkylation sites (N-methyl/N-ethyl adjacent to an activating group) is 1. The Bertz CT molecular complexity index is 861. The van der Waals surface area contributed by atoms with Gasteiger partial charge in [0.25, 0.3) is 0 Å². The number of benzene rings is 1. The second-order valence-electron chi connectivity index (χ2n) is 5.48. The summed E-state index contributed by atoms with van der Waals surface area (Å²) in [7, 11) is 0. The Morgan fingerprint density at radius 3 is 2.50 bits per heavy atom. The van der Waals surface area contributed by atoms with Gasteiger partial charge in [-0.25, -0.2) is 4.98 Å². The molecule has 3 aromatic rings. The monoisotopic (exact) mass is 319 g/mol. The van der Waals surface area contributed by atoms with Crippen molar-refractivity contribution in [1.29, 1.82) is 0 Å². The molecular formula is C20H21N3O. The van der Waals surface area contributed by atoms with E-state index >= 15 is 0 Å². The van der Waals surface area contributed by atoms with Crippen LogP contribution in [0.5, 0.6) is 0 Å². The molecule has 4 nitrogen and oxygen atoms in total. The second-order valence-corrected chi connectivity index (χ2v) is 5.48. The molecule has 2 heterocycles. The highest BCUT2D eigenvalue weighted by molar-refractivity contribution is 5.92. The summed E-state index contributed by atoms with van der Waals surface area (Å²) in [5.74, 6) is 0.0184. The van der Waals surface area contributed by atoms with Crippen LogP contribution in [0.15, 0.2) is 60.8 Å². The lowest BCUT2D eigenvalue weighted by molar-refractivity contribution is -0.125. The molecule has 0 N–H and O–H groups in total. The molecule has 2 aromatic heterocycles. The lowest BCUT2D eigenvalue weighted by Gasteiger charge is -2.15. The number of imidazole rings is 1. The van der Waals surface area contributed by atoms with E-state index in [4.69, 9.17) is 4.98 Å². The van der Waals surface area contributed by atoms with Crippen LogP contribution in [0.1, 0.15) is 19.5 Å². The molecule has 0 spiro atoms. The van der Waals surface area contributed by atoms with Gasteiger partial charge in [-0.05, 0) is 32.1 Å². The summed E-state index contributed by atoms with van der Waals surface area (Å²) in [6.07, 6.45) is 5.47. The normalized spacial score (nSPS) is 11.2. The van der Waals surface area contributed by atoms with Gasteiger partial charge in [-0.2, -0.15) is 0 Å². The highest BCUT2D eigenvalue weighted by Gasteiger charge is 2.12. The van der Waals surface area contributed by atoms with E-state index in [0.29, 0.717) is 13.1 Å². The number of nitrogens with zero attached hydrogens (tertiary/aromatic N) is 3. The molecule has 0 atom stereocenters. The van der Waals surface area contributed by atoms with Gasteiger partial charge in [0.05, 0.1) is 11.4 Å². The largest absolute Gasteiger partial charge is 0.340 e. The summed E-state index contributed by atoms with van der Waals surface area (Å²) >= 11 is 0. The van der Waals surface area contributed by atoms with Gasteiger partial charge in [0.1, 0.15) is 5.65 Å². The van der Waals surface area contributed by atoms with Crippen LogP contribution in [0.2, 0.25) is 0 Å². The SMILES string of the molecule is CCN(CC)C(=O)/C=C/c1c(-c2ccccc2)nc2ccccn12. The fourth-order valence-corrected chi connectivity index (χ4v) is 2.77. The number of carbonyl (C=O) groups excluding carboxylic acids is 1. The Kier molecular flexibility index (Phi) is 4.75. The number of hydrogen-bond donors (Lipinski definition) is 0. The van der Waals surface area contributed by atoms with Crippen LogP contribution < -0.4 is 0 Å². The van der Waals surface area contributed by atoms with Gasteiger partial charge in [-0.3, -0.25) is 9.20 Å². The highest BCUT2D eigenvalue weighted by Crippen LogP contribution is 2.25. The van der Waals surface area contributed by atoms with E-state index in [2.05, 4.69) is 0 Å². The van der Waals surface area contributed by atoms with Crippen molar-refractivity contribution in [2.24, 2.45) is 0 Å². The Morgan fingerprint density at radius 2 is 1.79 bits per heavy atom. The van der Waals surface area contributed by atoms with Crippen molar-refractivity contribution in [1.82, 2.24) is 14.3 Å². The zero-order chi connectivity index (χ0) is 16.9. The van der Waals surface area contributed by atoms with E-state index in [0.717, 1.165) is 22.6 Å². The van der Waals surface area contributed by atoms with E-state index in [1.54, 1.807) is 11.0 Å². The summed E-state index contributed by atoms with van der Waals surface area (Å²) in [4.78, 5) is 18.8. The Labute approximate surface area is 142 Å². The third kappa shape index (κ3) is 3.08. The maximum atomic E-state index is 12.3. The van der Waals surface area contributed by atoms with Crippen LogP contribution in [-0.4, -0.2) is 33.3 Å². The number of rotatable bonds is 5. The van der Waals surface area contributed by atoms with Crippen molar-refractivity contribution < 1.29 is 4.79 Å². The minimum Gasteiger partial charge on any atom is -0.340 e. The molecule has 3 rings (SSSR count). The van der Waals surface area contributed by atoms with E-state index in [9.17, 15) is 4.79 Å². The van der Waals surface area contributed by atoms with E-state index in [1.165, 1.54) is 0 Å². The van der Waals surface area contributed by atoms with Gasteiger partial charge >= 0.3 is 0 Å². The van der Waals surface area contributed by atoms with Crippen molar-refractivity contribution in [3.8, 4) is 11.3 Å². The van der Waals surface area contributed by atoms with Gasteiger partial charge in [-0.15, -0.1) is 0 Å². The van der Waals surface area contributed by atoms with Gasteiger partial charge in [0.15, 0.2) is 0 Å². The van der Waals surface area contributed by atoms with Crippen LogP contribution in [0.25, 0.3) is 23.0 Å². The number of aromatic nitrogens is 2. The second kappa shape index (κ2) is 7.13. The van der Waals surface area contributed by atoms with E-state index in [-0.39, 0.29) is 5.91 Å². The summed E-state index contributed by atoms with van der Waals surface area (Å²) in [6.45, 7) is 5.38. The molecule has 24 heavy (non-hydrogen) atoms. The molecule has 122 valence electrons. The summed E-state index contributed by atoms with van der Waals surface area (Å²) < 4.78 is 2.01. The molecule has 0 aliphatic rings. The van der Waals surface area contributed by atoms with Crippen LogP contribution >= 0.6 is 0 Å². The predicted molar refractivity (Wildman–Crippen MR) is 97.6 cm³/mol. The molecule has 1 amide bonds. The molecule has 0 aliphatic heterocycles. The number of amides is 1. The number of fused-ring (bicyclic) bond motifs is 1. The highest BCUT2D eigenvalue weighted by atomic mass is 16.2. The zero-order valence-electron chi connectivity index (χ0n) is 14.0. The van der Waals surface area contributed by atoms with Crippen molar-refractivity contribution in [3.05, 3.63) is 66.5 Å². The predicted octanol–water partition coefficient (Wildman–Crippen LogP) is 3.88. The van der Waals surface area contributed by atoms with E-state index in [1.807, 2.05) is 79.1 Å². The molecule has 0 unspecified atom stereocenters. The van der Waals surface area contributed by atoms with Crippen LogP contribution in [-0.2, 0) is 4.79 Å². The Hall–Kier alpha value is -2.88. The van der Waals surface area contributed by atoms with Crippen LogP contribution in [0.4, 0.5) is 0 Å². The molecule has 0 radical (unpaired) electrons. The third-order valence-electron chi connectivity index (χ3n) is 4.07. The molecule has 0 aliphatic carbocycles. The topological polar surface area (TPSA) is 37.6 Å². The first kappa shape index (κ1) is 16.0. The molecular weight excluding hydrogens is 298 g/mol. The van der Waals surface area contributed by atoms with E-state index < -0.39 is 0 Å². The molecule has 0 saturated carbocycles. The number of hydrogen-bond acceptors (Lipinski definition) is 2. The van der Waals surface area contributed by atoms with Crippen molar-refractivity contribution in [2.75, 3.05) is 13.1 Å². The van der Waals surface area contributed by atoms with Gasteiger partial charge in [0, 0.05) is 30.9 Å². The number of pyridine rings is 1. The quantitative estimate of drug-likeness (QED) is 0.669. The fraction of sp³-hybridized carbons (Fsp3) is 0.200. The average molecular weight is 319 g/mol. The lowest BCUT2D eigenvalue weighted by atomic mass is 10.1. The van der Waals surface area contributed by atoms with Gasteiger partial charge < -0.3 is 4.90 Å². The van der Waals surface area contributed by atoms with Gasteiger partial charge in [-0.1, -0.05) is 36.4 Å². The molecule has 4 heteroatoms. The summed E-state index contributed by atoms with van der Waals surface area (Å²) in [5.41, 5.74) is 3.70. The minimum absolute atomic E-state index is 0.0184. The molecule has 0 saturated heterocycles.